The van der Waals surface area contributed by atoms with Crippen molar-refractivity contribution in [2.75, 3.05) is 6.61 Å². The maximum Gasteiger partial charge on any atom is 0.203 e. The lowest BCUT2D eigenvalue weighted by atomic mass is 10.3. The Morgan fingerprint density at radius 2 is 1.56 bits per heavy atom. The normalized spacial score (nSPS) is 10.6. The monoisotopic (exact) mass is 423 g/mol. The predicted octanol–water partition coefficient (Wildman–Crippen LogP) is 5.03. The molecule has 1 aromatic heterocycles. The van der Waals surface area contributed by atoms with E-state index in [4.69, 9.17) is 21.7 Å². The molecule has 6 heteroatoms. The molecule has 0 saturated carbocycles. The molecule has 0 aliphatic rings. The molecule has 3 rings (SSSR count). The van der Waals surface area contributed by atoms with Crippen LogP contribution in [0.3, 0.4) is 0 Å². The van der Waals surface area contributed by atoms with Crippen molar-refractivity contribution in [2.24, 2.45) is 0 Å². The number of hydrogen-bond acceptors (Lipinski definition) is 2. The van der Waals surface area contributed by atoms with Gasteiger partial charge in [-0.2, -0.15) is 0 Å². The maximum atomic E-state index is 8.52. The van der Waals surface area contributed by atoms with Crippen molar-refractivity contribution in [3.05, 3.63) is 59.2 Å². The number of ether oxygens (including phenoxy) is 1. The SMILES string of the molecule is Br.CCCCn1c(=N)n(CCOc2ccccc2Cl)c2ccccc21. The van der Waals surface area contributed by atoms with Gasteiger partial charge in [0.15, 0.2) is 0 Å². The molecule has 0 spiro atoms. The first-order valence-corrected chi connectivity index (χ1v) is 8.70. The Morgan fingerprint density at radius 3 is 2.20 bits per heavy atom. The molecule has 0 aliphatic heterocycles. The smallest absolute Gasteiger partial charge is 0.203 e. The van der Waals surface area contributed by atoms with Crippen LogP contribution in [0.1, 0.15) is 19.8 Å². The number of fused-ring (bicyclic) bond motifs is 1. The molecule has 0 amide bonds. The number of aryl methyl sites for hydroxylation is 1. The molecule has 4 nitrogen and oxygen atoms in total. The highest BCUT2D eigenvalue weighted by molar-refractivity contribution is 8.93. The Kier molecular flexibility index (Phi) is 7.14. The van der Waals surface area contributed by atoms with Gasteiger partial charge < -0.3 is 13.9 Å². The van der Waals surface area contributed by atoms with Crippen molar-refractivity contribution in [1.29, 1.82) is 5.41 Å². The first-order valence-electron chi connectivity index (χ1n) is 8.32. The summed E-state index contributed by atoms with van der Waals surface area (Å²) in [6.07, 6.45) is 2.18. The third kappa shape index (κ3) is 4.28. The van der Waals surface area contributed by atoms with Crippen molar-refractivity contribution in [1.82, 2.24) is 9.13 Å². The lowest BCUT2D eigenvalue weighted by Crippen LogP contribution is -2.26. The van der Waals surface area contributed by atoms with E-state index in [-0.39, 0.29) is 17.0 Å². The summed E-state index contributed by atoms with van der Waals surface area (Å²) < 4.78 is 9.87. The number of unbranched alkanes of at least 4 members (excludes halogenated alkanes) is 1. The van der Waals surface area contributed by atoms with Gasteiger partial charge in [-0.05, 0) is 30.7 Å². The maximum absolute atomic E-state index is 8.52. The van der Waals surface area contributed by atoms with Crippen molar-refractivity contribution < 1.29 is 4.74 Å². The summed E-state index contributed by atoms with van der Waals surface area (Å²) >= 11 is 6.12. The van der Waals surface area contributed by atoms with Crippen LogP contribution < -0.4 is 10.4 Å². The van der Waals surface area contributed by atoms with Gasteiger partial charge in [0.1, 0.15) is 12.4 Å². The average Bonchev–Trinajstić information content (AvgIpc) is 2.87. The van der Waals surface area contributed by atoms with Gasteiger partial charge in [0.2, 0.25) is 5.62 Å². The molecular weight excluding hydrogens is 402 g/mol. The van der Waals surface area contributed by atoms with E-state index in [1.54, 1.807) is 0 Å². The highest BCUT2D eigenvalue weighted by atomic mass is 79.9. The van der Waals surface area contributed by atoms with E-state index in [9.17, 15) is 0 Å². The highest BCUT2D eigenvalue weighted by Crippen LogP contribution is 2.23. The second-order valence-electron chi connectivity index (χ2n) is 5.75. The van der Waals surface area contributed by atoms with Crippen LogP contribution in [0.5, 0.6) is 5.75 Å². The lowest BCUT2D eigenvalue weighted by molar-refractivity contribution is 0.296. The summed E-state index contributed by atoms with van der Waals surface area (Å²) in [7, 11) is 0. The van der Waals surface area contributed by atoms with E-state index in [1.165, 1.54) is 0 Å². The Bertz CT molecular complexity index is 888. The molecular formula is C19H23BrClN3O. The summed E-state index contributed by atoms with van der Waals surface area (Å²) in [4.78, 5) is 0. The quantitative estimate of drug-likeness (QED) is 0.568. The second kappa shape index (κ2) is 9.11. The first kappa shape index (κ1) is 19.6. The minimum Gasteiger partial charge on any atom is -0.490 e. The molecule has 0 aliphatic carbocycles. The lowest BCUT2D eigenvalue weighted by Gasteiger charge is -2.09. The topological polar surface area (TPSA) is 42.9 Å². The van der Waals surface area contributed by atoms with Crippen LogP contribution in [0.15, 0.2) is 48.5 Å². The van der Waals surface area contributed by atoms with Gasteiger partial charge in [-0.1, -0.05) is 49.2 Å². The number of nitrogens with one attached hydrogen (secondary N) is 1. The molecule has 25 heavy (non-hydrogen) atoms. The van der Waals surface area contributed by atoms with Gasteiger partial charge in [0, 0.05) is 6.54 Å². The third-order valence-electron chi connectivity index (χ3n) is 4.12. The molecule has 134 valence electrons. The van der Waals surface area contributed by atoms with E-state index >= 15 is 0 Å². The van der Waals surface area contributed by atoms with Crippen LogP contribution >= 0.6 is 28.6 Å². The number of hydrogen-bond donors (Lipinski definition) is 1. The molecule has 1 N–H and O–H groups in total. The molecule has 0 fully saturated rings. The standard InChI is InChI=1S/C19H22ClN3O.BrH/c1-2-3-12-22-16-9-5-6-10-17(16)23(19(22)21)13-14-24-18-11-7-4-8-15(18)20;/h4-11,21H,2-3,12-14H2,1H3;1H. The van der Waals surface area contributed by atoms with Crippen molar-refractivity contribution >= 4 is 39.6 Å². The fourth-order valence-corrected chi connectivity index (χ4v) is 3.06. The molecule has 0 radical (unpaired) electrons. The summed E-state index contributed by atoms with van der Waals surface area (Å²) in [5.74, 6) is 0.681. The highest BCUT2D eigenvalue weighted by Gasteiger charge is 2.10. The van der Waals surface area contributed by atoms with Gasteiger partial charge >= 0.3 is 0 Å². The Hall–Kier alpha value is -1.72. The van der Waals surface area contributed by atoms with Crippen LogP contribution in [-0.2, 0) is 13.1 Å². The average molecular weight is 425 g/mol. The van der Waals surface area contributed by atoms with E-state index < -0.39 is 0 Å². The molecule has 0 unspecified atom stereocenters. The molecule has 2 aromatic carbocycles. The van der Waals surface area contributed by atoms with Gasteiger partial charge in [0.05, 0.1) is 22.6 Å². The van der Waals surface area contributed by atoms with Gasteiger partial charge in [-0.3, -0.25) is 5.41 Å². The molecule has 3 aromatic rings. The van der Waals surface area contributed by atoms with Crippen molar-refractivity contribution in [3.63, 3.8) is 0 Å². The number of benzene rings is 2. The van der Waals surface area contributed by atoms with Gasteiger partial charge in [0.25, 0.3) is 0 Å². The number of rotatable bonds is 7. The number of para-hydroxylation sites is 3. The summed E-state index contributed by atoms with van der Waals surface area (Å²) in [6.45, 7) is 4.13. The predicted molar refractivity (Wildman–Crippen MR) is 108 cm³/mol. The largest absolute Gasteiger partial charge is 0.490 e. The van der Waals surface area contributed by atoms with E-state index in [0.29, 0.717) is 29.5 Å². The van der Waals surface area contributed by atoms with Crippen LogP contribution in [0, 0.1) is 5.41 Å². The van der Waals surface area contributed by atoms with E-state index in [2.05, 4.69) is 23.6 Å². The van der Waals surface area contributed by atoms with Crippen LogP contribution in [-0.4, -0.2) is 15.7 Å². The van der Waals surface area contributed by atoms with Crippen LogP contribution in [0.4, 0.5) is 0 Å². The van der Waals surface area contributed by atoms with E-state index in [1.807, 2.05) is 41.0 Å². The Balaban J connectivity index is 0.00000225. The Labute approximate surface area is 163 Å². The zero-order valence-corrected chi connectivity index (χ0v) is 16.7. The summed E-state index contributed by atoms with van der Waals surface area (Å²) in [6, 6.07) is 15.6. The minimum absolute atomic E-state index is 0. The number of aromatic nitrogens is 2. The van der Waals surface area contributed by atoms with Crippen molar-refractivity contribution in [2.45, 2.75) is 32.9 Å². The molecule has 0 saturated heterocycles. The van der Waals surface area contributed by atoms with Gasteiger partial charge in [-0.25, -0.2) is 0 Å². The zero-order chi connectivity index (χ0) is 16.9. The van der Waals surface area contributed by atoms with E-state index in [0.717, 1.165) is 30.4 Å². The number of nitrogens with zero attached hydrogens (tertiary/aromatic N) is 2. The van der Waals surface area contributed by atoms with Crippen LogP contribution in [0.2, 0.25) is 5.02 Å². The second-order valence-corrected chi connectivity index (χ2v) is 6.16. The van der Waals surface area contributed by atoms with Crippen molar-refractivity contribution in [3.8, 4) is 5.75 Å². The van der Waals surface area contributed by atoms with Crippen LogP contribution in [0.25, 0.3) is 11.0 Å². The molecule has 0 bridgehead atoms. The molecule has 1 heterocycles. The zero-order valence-electron chi connectivity index (χ0n) is 14.2. The Morgan fingerprint density at radius 1 is 0.960 bits per heavy atom. The number of halogens is 2. The number of imidazole rings is 1. The minimum atomic E-state index is 0. The first-order chi connectivity index (χ1) is 11.7. The summed E-state index contributed by atoms with van der Waals surface area (Å²) in [5, 5.41) is 9.13. The fraction of sp³-hybridized carbons (Fsp3) is 0.316. The summed E-state index contributed by atoms with van der Waals surface area (Å²) in [5.41, 5.74) is 2.70. The fourth-order valence-electron chi connectivity index (χ4n) is 2.87. The van der Waals surface area contributed by atoms with Gasteiger partial charge in [-0.15, -0.1) is 17.0 Å². The third-order valence-corrected chi connectivity index (χ3v) is 4.43. The molecule has 0 atom stereocenters.